The Balaban J connectivity index is 1.53. The molecule has 11 nitrogen and oxygen atoms in total. The first-order valence-electron chi connectivity index (χ1n) is 11.7. The van der Waals surface area contributed by atoms with E-state index in [0.717, 1.165) is 29.7 Å². The van der Waals surface area contributed by atoms with Crippen LogP contribution < -0.4 is 11.1 Å². The first-order chi connectivity index (χ1) is 16.7. The number of aliphatic hydroxyl groups is 2. The SMILES string of the molecule is CCc1nc2c(N)ncc(-c3cnn(-c4cnc(C(C)(C)O)nc4)c3)c2nc1N[C@@H]1CC[C@@H](O)C1. The number of nitrogen functional groups attached to an aromatic ring is 1. The number of nitrogens with one attached hydrogen (secondary N) is 1. The van der Waals surface area contributed by atoms with Gasteiger partial charge in [-0.1, -0.05) is 6.92 Å². The van der Waals surface area contributed by atoms with Crippen molar-refractivity contribution in [2.24, 2.45) is 0 Å². The fourth-order valence-corrected chi connectivity index (χ4v) is 4.31. The van der Waals surface area contributed by atoms with Crippen LogP contribution in [-0.2, 0) is 12.0 Å². The summed E-state index contributed by atoms with van der Waals surface area (Å²) in [5.41, 5.74) is 9.22. The molecular formula is C24H29N9O2. The van der Waals surface area contributed by atoms with Gasteiger partial charge in [0.25, 0.3) is 0 Å². The van der Waals surface area contributed by atoms with E-state index in [2.05, 4.69) is 25.4 Å². The minimum Gasteiger partial charge on any atom is -0.393 e. The average molecular weight is 476 g/mol. The van der Waals surface area contributed by atoms with Crippen molar-refractivity contribution in [2.45, 2.75) is 64.2 Å². The summed E-state index contributed by atoms with van der Waals surface area (Å²) in [6.07, 6.45) is 11.2. The smallest absolute Gasteiger partial charge is 0.159 e. The molecule has 0 amide bonds. The molecule has 0 spiro atoms. The third-order valence-corrected chi connectivity index (χ3v) is 6.22. The van der Waals surface area contributed by atoms with Crippen LogP contribution in [0.5, 0.6) is 0 Å². The van der Waals surface area contributed by atoms with E-state index >= 15 is 0 Å². The second-order valence-corrected chi connectivity index (χ2v) is 9.43. The van der Waals surface area contributed by atoms with Crippen LogP contribution in [0.25, 0.3) is 27.8 Å². The number of hydrogen-bond acceptors (Lipinski definition) is 10. The van der Waals surface area contributed by atoms with Crippen LogP contribution in [0.2, 0.25) is 0 Å². The molecule has 4 heterocycles. The summed E-state index contributed by atoms with van der Waals surface area (Å²) in [4.78, 5) is 22.6. The summed E-state index contributed by atoms with van der Waals surface area (Å²) in [5.74, 6) is 1.35. The van der Waals surface area contributed by atoms with Gasteiger partial charge in [-0.2, -0.15) is 5.10 Å². The molecule has 1 saturated carbocycles. The van der Waals surface area contributed by atoms with Gasteiger partial charge in [-0.05, 0) is 39.5 Å². The van der Waals surface area contributed by atoms with Crippen LogP contribution in [0.3, 0.4) is 0 Å². The molecule has 4 aromatic heterocycles. The lowest BCUT2D eigenvalue weighted by molar-refractivity contribution is 0.0687. The van der Waals surface area contributed by atoms with E-state index in [1.807, 2.05) is 13.1 Å². The summed E-state index contributed by atoms with van der Waals surface area (Å²) in [5, 5.41) is 28.0. The van der Waals surface area contributed by atoms with Crippen LogP contribution >= 0.6 is 0 Å². The van der Waals surface area contributed by atoms with Crippen molar-refractivity contribution in [1.82, 2.24) is 34.7 Å². The normalized spacial score (nSPS) is 18.3. The number of fused-ring (bicyclic) bond motifs is 1. The Hall–Kier alpha value is -3.70. The van der Waals surface area contributed by atoms with Gasteiger partial charge in [0.1, 0.15) is 28.1 Å². The lowest BCUT2D eigenvalue weighted by Crippen LogP contribution is -2.19. The van der Waals surface area contributed by atoms with E-state index < -0.39 is 5.60 Å². The van der Waals surface area contributed by atoms with Crippen LogP contribution in [0.1, 0.15) is 51.6 Å². The minimum absolute atomic E-state index is 0.152. The Labute approximate surface area is 202 Å². The topological polar surface area (TPSA) is 161 Å². The van der Waals surface area contributed by atoms with Gasteiger partial charge in [-0.15, -0.1) is 0 Å². The molecular weight excluding hydrogens is 446 g/mol. The highest BCUT2D eigenvalue weighted by atomic mass is 16.3. The highest BCUT2D eigenvalue weighted by Crippen LogP contribution is 2.32. The van der Waals surface area contributed by atoms with Crippen molar-refractivity contribution in [2.75, 3.05) is 11.1 Å². The first kappa shape index (κ1) is 23.1. The Morgan fingerprint density at radius 2 is 1.86 bits per heavy atom. The van der Waals surface area contributed by atoms with Gasteiger partial charge in [0.2, 0.25) is 0 Å². The molecule has 35 heavy (non-hydrogen) atoms. The van der Waals surface area contributed by atoms with Gasteiger partial charge in [-0.25, -0.2) is 29.6 Å². The summed E-state index contributed by atoms with van der Waals surface area (Å²) < 4.78 is 1.65. The maximum absolute atomic E-state index is 10.1. The zero-order valence-electron chi connectivity index (χ0n) is 20.0. The predicted octanol–water partition coefficient (Wildman–Crippen LogP) is 2.36. The highest BCUT2D eigenvalue weighted by molar-refractivity contribution is 5.96. The molecule has 0 aliphatic heterocycles. The number of hydrogen-bond donors (Lipinski definition) is 4. The summed E-state index contributed by atoms with van der Waals surface area (Å²) in [7, 11) is 0. The van der Waals surface area contributed by atoms with Crippen LogP contribution in [0, 0.1) is 0 Å². The molecule has 0 aromatic carbocycles. The molecule has 0 radical (unpaired) electrons. The first-order valence-corrected chi connectivity index (χ1v) is 11.7. The van der Waals surface area contributed by atoms with Gasteiger partial charge < -0.3 is 21.3 Å². The van der Waals surface area contributed by atoms with Gasteiger partial charge in [0.15, 0.2) is 11.6 Å². The zero-order chi connectivity index (χ0) is 24.7. The molecule has 11 heteroatoms. The third-order valence-electron chi connectivity index (χ3n) is 6.22. The molecule has 2 atom stereocenters. The lowest BCUT2D eigenvalue weighted by atomic mass is 10.1. The van der Waals surface area contributed by atoms with Crippen molar-refractivity contribution in [3.8, 4) is 16.8 Å². The van der Waals surface area contributed by atoms with E-state index in [-0.39, 0.29) is 12.1 Å². The van der Waals surface area contributed by atoms with E-state index in [9.17, 15) is 10.2 Å². The lowest BCUT2D eigenvalue weighted by Gasteiger charge is -2.17. The van der Waals surface area contributed by atoms with Gasteiger partial charge >= 0.3 is 0 Å². The number of pyridine rings is 1. The molecule has 1 aliphatic carbocycles. The molecule has 182 valence electrons. The molecule has 1 aliphatic rings. The zero-order valence-corrected chi connectivity index (χ0v) is 20.0. The summed E-state index contributed by atoms with van der Waals surface area (Å²) in [6, 6.07) is 0.152. The fraction of sp³-hybridized carbons (Fsp3) is 0.417. The van der Waals surface area contributed by atoms with E-state index in [0.29, 0.717) is 47.0 Å². The molecule has 0 saturated heterocycles. The Morgan fingerprint density at radius 3 is 2.51 bits per heavy atom. The van der Waals surface area contributed by atoms with Crippen LogP contribution in [0.15, 0.2) is 31.0 Å². The number of aromatic nitrogens is 7. The average Bonchev–Trinajstić information content (AvgIpc) is 3.48. The number of rotatable bonds is 6. The minimum atomic E-state index is -1.12. The Bertz CT molecular complexity index is 1360. The second-order valence-electron chi connectivity index (χ2n) is 9.43. The quantitative estimate of drug-likeness (QED) is 0.326. The molecule has 5 rings (SSSR count). The van der Waals surface area contributed by atoms with Gasteiger partial charge in [0, 0.05) is 29.6 Å². The van der Waals surface area contributed by atoms with Crippen LogP contribution in [0.4, 0.5) is 11.6 Å². The molecule has 0 unspecified atom stereocenters. The summed E-state index contributed by atoms with van der Waals surface area (Å²) >= 11 is 0. The molecule has 1 fully saturated rings. The third kappa shape index (κ3) is 4.52. The number of aryl methyl sites for hydroxylation is 1. The van der Waals surface area contributed by atoms with Crippen molar-refractivity contribution in [1.29, 1.82) is 0 Å². The number of anilines is 2. The molecule has 5 N–H and O–H groups in total. The standard InChI is InChI=1S/C24H29N9O2/c1-4-18-22(30-14-5-6-16(34)7-14)32-19-17(11-26-21(25)20(19)31-18)13-8-29-33(12-13)15-9-27-23(28-10-15)24(2,3)35/h8-12,14,16,34-35H,4-7H2,1-3H3,(H2,25,26)(H,30,32)/t14-,16-/m1/s1. The molecule has 4 aromatic rings. The van der Waals surface area contributed by atoms with Gasteiger partial charge in [0.05, 0.1) is 30.4 Å². The van der Waals surface area contributed by atoms with Crippen molar-refractivity contribution in [3.63, 3.8) is 0 Å². The fourth-order valence-electron chi connectivity index (χ4n) is 4.31. The number of nitrogens with two attached hydrogens (primary N) is 1. The predicted molar refractivity (Wildman–Crippen MR) is 132 cm³/mol. The summed E-state index contributed by atoms with van der Waals surface area (Å²) in [6.45, 7) is 5.29. The number of aliphatic hydroxyl groups excluding tert-OH is 1. The highest BCUT2D eigenvalue weighted by Gasteiger charge is 2.25. The van der Waals surface area contributed by atoms with Crippen LogP contribution in [-0.4, -0.2) is 57.1 Å². The Morgan fingerprint density at radius 1 is 1.09 bits per heavy atom. The van der Waals surface area contributed by atoms with Gasteiger partial charge in [-0.3, -0.25) is 0 Å². The maximum atomic E-state index is 10.1. The maximum Gasteiger partial charge on any atom is 0.159 e. The van der Waals surface area contributed by atoms with Crippen molar-refractivity contribution >= 4 is 22.7 Å². The monoisotopic (exact) mass is 475 g/mol. The van der Waals surface area contributed by atoms with Crippen molar-refractivity contribution < 1.29 is 10.2 Å². The van der Waals surface area contributed by atoms with E-state index in [4.69, 9.17) is 15.7 Å². The van der Waals surface area contributed by atoms with E-state index in [1.165, 1.54) is 0 Å². The largest absolute Gasteiger partial charge is 0.393 e. The number of nitrogens with zero attached hydrogens (tertiary/aromatic N) is 7. The Kier molecular flexibility index (Phi) is 5.81. The second kappa shape index (κ2) is 8.82. The molecule has 0 bridgehead atoms. The van der Waals surface area contributed by atoms with E-state index in [1.54, 1.807) is 43.3 Å². The van der Waals surface area contributed by atoms with Crippen molar-refractivity contribution in [3.05, 3.63) is 42.5 Å².